The monoisotopic (exact) mass is 274 g/mol. The van der Waals surface area contributed by atoms with E-state index < -0.39 is 0 Å². The summed E-state index contributed by atoms with van der Waals surface area (Å²) in [4.78, 5) is 8.02. The number of hydrogen-bond acceptors (Lipinski definition) is 5. The Morgan fingerprint density at radius 1 is 1.26 bits per heavy atom. The molecule has 1 saturated heterocycles. The molecule has 0 aliphatic carbocycles. The normalized spacial score (nSPS) is 14.8. The van der Waals surface area contributed by atoms with Crippen LogP contribution in [-0.4, -0.2) is 18.1 Å². The fourth-order valence-electron chi connectivity index (χ4n) is 2.30. The summed E-state index contributed by atoms with van der Waals surface area (Å²) in [7, 11) is 0. The number of aromatic nitrogens is 1. The summed E-state index contributed by atoms with van der Waals surface area (Å²) in [6, 6.07) is 6.12. The zero-order valence-corrected chi connectivity index (χ0v) is 11.6. The standard InChI is InChI=1S/C14H18N4S/c15-12-5-8-19-13(12)10-16-11-3-4-14(17-9-11)18-6-1-2-7-18/h3-5,8-9,16H,1-2,6-7,10,15H2. The molecule has 3 rings (SSSR count). The highest BCUT2D eigenvalue weighted by Gasteiger charge is 2.12. The first-order chi connectivity index (χ1) is 9.33. The Kier molecular flexibility index (Phi) is 3.55. The first-order valence-corrected chi connectivity index (χ1v) is 7.47. The van der Waals surface area contributed by atoms with Crippen LogP contribution in [0, 0.1) is 0 Å². The molecule has 5 heteroatoms. The van der Waals surface area contributed by atoms with Gasteiger partial charge in [-0.3, -0.25) is 0 Å². The quantitative estimate of drug-likeness (QED) is 0.900. The molecule has 0 aromatic carbocycles. The van der Waals surface area contributed by atoms with Gasteiger partial charge in [0.2, 0.25) is 0 Å². The van der Waals surface area contributed by atoms with E-state index in [1.54, 1.807) is 11.3 Å². The Morgan fingerprint density at radius 2 is 2.11 bits per heavy atom. The predicted octanol–water partition coefficient (Wildman–Crippen LogP) is 2.94. The van der Waals surface area contributed by atoms with E-state index in [9.17, 15) is 0 Å². The summed E-state index contributed by atoms with van der Waals surface area (Å²) in [5.74, 6) is 1.08. The van der Waals surface area contributed by atoms with Gasteiger partial charge in [0.05, 0.1) is 18.4 Å². The molecule has 0 bridgehead atoms. The minimum atomic E-state index is 0.758. The van der Waals surface area contributed by atoms with Gasteiger partial charge < -0.3 is 16.0 Å². The lowest BCUT2D eigenvalue weighted by Crippen LogP contribution is -2.18. The minimum Gasteiger partial charge on any atom is -0.398 e. The molecule has 1 fully saturated rings. The SMILES string of the molecule is Nc1ccsc1CNc1ccc(N2CCCC2)nc1. The molecular formula is C14H18N4S. The Morgan fingerprint density at radius 3 is 2.74 bits per heavy atom. The van der Waals surface area contributed by atoms with E-state index >= 15 is 0 Å². The molecule has 3 heterocycles. The van der Waals surface area contributed by atoms with Crippen molar-refractivity contribution in [1.82, 2.24) is 4.98 Å². The van der Waals surface area contributed by atoms with Gasteiger partial charge in [-0.15, -0.1) is 11.3 Å². The maximum Gasteiger partial charge on any atom is 0.128 e. The van der Waals surface area contributed by atoms with Gasteiger partial charge in [-0.2, -0.15) is 0 Å². The van der Waals surface area contributed by atoms with Crippen molar-refractivity contribution in [2.75, 3.05) is 29.0 Å². The molecule has 2 aromatic heterocycles. The fraction of sp³-hybridized carbons (Fsp3) is 0.357. The van der Waals surface area contributed by atoms with E-state index in [1.807, 2.05) is 17.6 Å². The van der Waals surface area contributed by atoms with Crippen LogP contribution in [0.15, 0.2) is 29.8 Å². The second kappa shape index (κ2) is 5.48. The van der Waals surface area contributed by atoms with Crippen LogP contribution in [0.1, 0.15) is 17.7 Å². The smallest absolute Gasteiger partial charge is 0.128 e. The number of anilines is 3. The number of nitrogens with two attached hydrogens (primary N) is 1. The van der Waals surface area contributed by atoms with Crippen molar-refractivity contribution in [2.45, 2.75) is 19.4 Å². The fourth-order valence-corrected chi connectivity index (χ4v) is 3.04. The number of rotatable bonds is 4. The van der Waals surface area contributed by atoms with E-state index in [2.05, 4.69) is 27.3 Å². The van der Waals surface area contributed by atoms with Gasteiger partial charge in [-0.05, 0) is 36.4 Å². The number of pyridine rings is 1. The van der Waals surface area contributed by atoms with Crippen molar-refractivity contribution in [3.8, 4) is 0 Å². The molecule has 100 valence electrons. The van der Waals surface area contributed by atoms with Crippen molar-refractivity contribution in [1.29, 1.82) is 0 Å². The van der Waals surface area contributed by atoms with Crippen LogP contribution < -0.4 is 16.0 Å². The first-order valence-electron chi connectivity index (χ1n) is 6.59. The number of nitrogens with zero attached hydrogens (tertiary/aromatic N) is 2. The predicted molar refractivity (Wildman–Crippen MR) is 81.7 cm³/mol. The van der Waals surface area contributed by atoms with Gasteiger partial charge in [-0.1, -0.05) is 0 Å². The number of thiophene rings is 1. The summed E-state index contributed by atoms with van der Waals surface area (Å²) >= 11 is 1.68. The highest BCUT2D eigenvalue weighted by atomic mass is 32.1. The molecule has 0 saturated carbocycles. The van der Waals surface area contributed by atoms with Crippen LogP contribution in [0.3, 0.4) is 0 Å². The van der Waals surface area contributed by atoms with Gasteiger partial charge in [0.25, 0.3) is 0 Å². The van der Waals surface area contributed by atoms with Crippen molar-refractivity contribution in [3.63, 3.8) is 0 Å². The minimum absolute atomic E-state index is 0.758. The molecule has 3 N–H and O–H groups in total. The number of hydrogen-bond donors (Lipinski definition) is 2. The number of nitrogen functional groups attached to an aromatic ring is 1. The first kappa shape index (κ1) is 12.3. The van der Waals surface area contributed by atoms with E-state index in [0.29, 0.717) is 0 Å². The summed E-state index contributed by atoms with van der Waals surface area (Å²) in [6.45, 7) is 3.02. The van der Waals surface area contributed by atoms with E-state index in [4.69, 9.17) is 5.73 Å². The highest BCUT2D eigenvalue weighted by Crippen LogP contribution is 2.22. The Balaban J connectivity index is 1.61. The van der Waals surface area contributed by atoms with Gasteiger partial charge >= 0.3 is 0 Å². The summed E-state index contributed by atoms with van der Waals surface area (Å²) in [5.41, 5.74) is 7.76. The van der Waals surface area contributed by atoms with Crippen LogP contribution in [0.5, 0.6) is 0 Å². The largest absolute Gasteiger partial charge is 0.398 e. The van der Waals surface area contributed by atoms with Crippen LogP contribution >= 0.6 is 11.3 Å². The Bertz CT molecular complexity index is 529. The molecule has 1 aliphatic heterocycles. The highest BCUT2D eigenvalue weighted by molar-refractivity contribution is 7.10. The van der Waals surface area contributed by atoms with Crippen molar-refractivity contribution >= 4 is 28.5 Å². The number of nitrogens with one attached hydrogen (secondary N) is 1. The van der Waals surface area contributed by atoms with E-state index in [0.717, 1.165) is 36.8 Å². The van der Waals surface area contributed by atoms with Crippen molar-refractivity contribution in [2.24, 2.45) is 0 Å². The zero-order valence-electron chi connectivity index (χ0n) is 10.8. The molecule has 0 radical (unpaired) electrons. The zero-order chi connectivity index (χ0) is 13.1. The molecule has 0 amide bonds. The van der Waals surface area contributed by atoms with Crippen LogP contribution in [0.25, 0.3) is 0 Å². The second-order valence-corrected chi connectivity index (χ2v) is 5.75. The summed E-state index contributed by atoms with van der Waals surface area (Å²) in [6.07, 6.45) is 4.45. The molecule has 0 spiro atoms. The molecule has 4 nitrogen and oxygen atoms in total. The van der Waals surface area contributed by atoms with Gasteiger partial charge in [0.1, 0.15) is 5.82 Å². The van der Waals surface area contributed by atoms with Crippen molar-refractivity contribution < 1.29 is 0 Å². The third-order valence-corrected chi connectivity index (χ3v) is 4.35. The Labute approximate surface area is 117 Å². The molecule has 2 aromatic rings. The second-order valence-electron chi connectivity index (χ2n) is 4.75. The molecule has 19 heavy (non-hydrogen) atoms. The van der Waals surface area contributed by atoms with E-state index in [1.165, 1.54) is 17.7 Å². The lowest BCUT2D eigenvalue weighted by atomic mass is 10.3. The maximum absolute atomic E-state index is 5.86. The average molecular weight is 274 g/mol. The molecular weight excluding hydrogens is 256 g/mol. The van der Waals surface area contributed by atoms with Gasteiger partial charge in [-0.25, -0.2) is 4.98 Å². The molecule has 0 unspecified atom stereocenters. The summed E-state index contributed by atoms with van der Waals surface area (Å²) in [5, 5.41) is 5.37. The Hall–Kier alpha value is -1.75. The maximum atomic E-state index is 5.86. The van der Waals surface area contributed by atoms with Crippen LogP contribution in [0.2, 0.25) is 0 Å². The third kappa shape index (κ3) is 2.81. The molecule has 1 aliphatic rings. The summed E-state index contributed by atoms with van der Waals surface area (Å²) < 4.78 is 0. The van der Waals surface area contributed by atoms with Crippen LogP contribution in [0.4, 0.5) is 17.2 Å². The average Bonchev–Trinajstić information content (AvgIpc) is 3.09. The van der Waals surface area contributed by atoms with Gasteiger partial charge in [0.15, 0.2) is 0 Å². The molecule has 0 atom stereocenters. The third-order valence-electron chi connectivity index (χ3n) is 3.41. The van der Waals surface area contributed by atoms with Crippen LogP contribution in [-0.2, 0) is 6.54 Å². The van der Waals surface area contributed by atoms with E-state index in [-0.39, 0.29) is 0 Å². The lowest BCUT2D eigenvalue weighted by Gasteiger charge is -2.16. The topological polar surface area (TPSA) is 54.2 Å². The lowest BCUT2D eigenvalue weighted by molar-refractivity contribution is 0.937. The van der Waals surface area contributed by atoms with Crippen molar-refractivity contribution in [3.05, 3.63) is 34.7 Å². The van der Waals surface area contributed by atoms with Gasteiger partial charge in [0, 0.05) is 23.7 Å².